The zero-order chi connectivity index (χ0) is 13.1. The van der Waals surface area contributed by atoms with Crippen molar-refractivity contribution in [3.63, 3.8) is 0 Å². The van der Waals surface area contributed by atoms with Crippen LogP contribution in [0.15, 0.2) is 18.2 Å². The van der Waals surface area contributed by atoms with Gasteiger partial charge < -0.3 is 4.74 Å². The predicted molar refractivity (Wildman–Crippen MR) is 71.5 cm³/mol. The molecule has 0 radical (unpaired) electrons. The molecule has 0 amide bonds. The highest BCUT2D eigenvalue weighted by atomic mass is 16.5. The maximum absolute atomic E-state index is 9.34. The molecular formula is C15H20N2O. The van der Waals surface area contributed by atoms with Crippen LogP contribution in [0.1, 0.15) is 30.5 Å². The number of nitrogens with zero attached hydrogens (tertiary/aromatic N) is 2. The summed E-state index contributed by atoms with van der Waals surface area (Å²) in [5, 5.41) is 9.34. The third-order valence-electron chi connectivity index (χ3n) is 3.87. The molecule has 0 bridgehead atoms. The van der Waals surface area contributed by atoms with Gasteiger partial charge in [0.25, 0.3) is 0 Å². The number of hydrogen-bond acceptors (Lipinski definition) is 3. The van der Waals surface area contributed by atoms with Crippen LogP contribution in [0, 0.1) is 17.2 Å². The molecule has 1 aliphatic heterocycles. The second-order valence-electron chi connectivity index (χ2n) is 4.88. The molecule has 3 heteroatoms. The van der Waals surface area contributed by atoms with Gasteiger partial charge in [-0.15, -0.1) is 0 Å². The fraction of sp³-hybridized carbons (Fsp3) is 0.533. The number of methoxy groups -OCH3 is 1. The summed E-state index contributed by atoms with van der Waals surface area (Å²) < 4.78 is 5.31. The van der Waals surface area contributed by atoms with Gasteiger partial charge in [0.2, 0.25) is 0 Å². The number of ether oxygens (including phenoxy) is 1. The van der Waals surface area contributed by atoms with Crippen molar-refractivity contribution in [3.05, 3.63) is 29.3 Å². The van der Waals surface area contributed by atoms with E-state index in [0.717, 1.165) is 25.1 Å². The molecule has 96 valence electrons. The van der Waals surface area contributed by atoms with Crippen molar-refractivity contribution in [1.29, 1.82) is 5.26 Å². The maximum Gasteiger partial charge on any atom is 0.119 e. The van der Waals surface area contributed by atoms with Gasteiger partial charge in [0.1, 0.15) is 5.75 Å². The average molecular weight is 244 g/mol. The third kappa shape index (κ3) is 2.21. The van der Waals surface area contributed by atoms with Crippen LogP contribution in [-0.4, -0.2) is 25.6 Å². The molecule has 0 saturated carbocycles. The lowest BCUT2D eigenvalue weighted by Crippen LogP contribution is -2.36. The van der Waals surface area contributed by atoms with Gasteiger partial charge >= 0.3 is 0 Å². The van der Waals surface area contributed by atoms with E-state index in [1.54, 1.807) is 7.11 Å². The Balaban J connectivity index is 2.45. The molecule has 18 heavy (non-hydrogen) atoms. The Kier molecular flexibility index (Phi) is 3.88. The van der Waals surface area contributed by atoms with Crippen molar-refractivity contribution in [2.75, 3.05) is 20.7 Å². The summed E-state index contributed by atoms with van der Waals surface area (Å²) in [6, 6.07) is 8.88. The second kappa shape index (κ2) is 5.41. The van der Waals surface area contributed by atoms with E-state index >= 15 is 0 Å². The Morgan fingerprint density at radius 1 is 1.56 bits per heavy atom. The summed E-state index contributed by atoms with van der Waals surface area (Å²) in [5.74, 6) is 0.919. The molecule has 0 fully saturated rings. The fourth-order valence-corrected chi connectivity index (χ4v) is 2.79. The highest BCUT2D eigenvalue weighted by Gasteiger charge is 2.31. The van der Waals surface area contributed by atoms with E-state index in [9.17, 15) is 5.26 Å². The zero-order valence-corrected chi connectivity index (χ0v) is 11.3. The van der Waals surface area contributed by atoms with E-state index in [0.29, 0.717) is 0 Å². The standard InChI is InChI=1S/C15H20N2O/c1-4-11(10-16)15-14-9-13(18-3)6-5-12(14)7-8-17(15)2/h5-6,9,11,15H,4,7-8H2,1-3H3. The molecule has 3 nitrogen and oxygen atoms in total. The van der Waals surface area contributed by atoms with E-state index < -0.39 is 0 Å². The monoisotopic (exact) mass is 244 g/mol. The first kappa shape index (κ1) is 12.9. The average Bonchev–Trinajstić information content (AvgIpc) is 2.41. The predicted octanol–water partition coefficient (Wildman–Crippen LogP) is 2.77. The van der Waals surface area contributed by atoms with Crippen molar-refractivity contribution in [2.24, 2.45) is 5.92 Å². The van der Waals surface area contributed by atoms with Crippen LogP contribution in [0.5, 0.6) is 5.75 Å². The second-order valence-corrected chi connectivity index (χ2v) is 4.88. The van der Waals surface area contributed by atoms with Crippen molar-refractivity contribution in [1.82, 2.24) is 4.90 Å². The number of nitriles is 1. The van der Waals surface area contributed by atoms with Crippen LogP contribution in [0.25, 0.3) is 0 Å². The third-order valence-corrected chi connectivity index (χ3v) is 3.87. The number of fused-ring (bicyclic) bond motifs is 1. The van der Waals surface area contributed by atoms with Crippen molar-refractivity contribution < 1.29 is 4.74 Å². The van der Waals surface area contributed by atoms with Crippen LogP contribution in [0.4, 0.5) is 0 Å². The molecule has 1 aromatic rings. The fourth-order valence-electron chi connectivity index (χ4n) is 2.79. The minimum absolute atomic E-state index is 0.0427. The quantitative estimate of drug-likeness (QED) is 0.820. The van der Waals surface area contributed by atoms with Crippen molar-refractivity contribution in [2.45, 2.75) is 25.8 Å². The molecule has 1 heterocycles. The topological polar surface area (TPSA) is 36.3 Å². The molecule has 2 atom stereocenters. The largest absolute Gasteiger partial charge is 0.497 e. The lowest BCUT2D eigenvalue weighted by Gasteiger charge is -2.37. The van der Waals surface area contributed by atoms with Gasteiger partial charge in [-0.1, -0.05) is 13.0 Å². The Hall–Kier alpha value is -1.53. The molecule has 2 unspecified atom stereocenters. The number of rotatable bonds is 3. The van der Waals surface area contributed by atoms with Crippen LogP contribution < -0.4 is 4.74 Å². The summed E-state index contributed by atoms with van der Waals surface area (Å²) >= 11 is 0. The SMILES string of the molecule is CCC(C#N)C1c2cc(OC)ccc2CCN1C. The lowest BCUT2D eigenvalue weighted by molar-refractivity contribution is 0.186. The molecule has 1 aromatic carbocycles. The van der Waals surface area contributed by atoms with Crippen LogP contribution in [0.3, 0.4) is 0 Å². The summed E-state index contributed by atoms with van der Waals surface area (Å²) in [7, 11) is 3.79. The Morgan fingerprint density at radius 3 is 2.94 bits per heavy atom. The minimum Gasteiger partial charge on any atom is -0.497 e. The first-order valence-electron chi connectivity index (χ1n) is 6.48. The Bertz CT molecular complexity index is 464. The highest BCUT2D eigenvalue weighted by molar-refractivity contribution is 5.40. The highest BCUT2D eigenvalue weighted by Crippen LogP contribution is 2.37. The molecule has 0 N–H and O–H groups in total. The molecule has 0 aliphatic carbocycles. The summed E-state index contributed by atoms with van der Waals surface area (Å²) in [6.07, 6.45) is 1.93. The van der Waals surface area contributed by atoms with Crippen molar-refractivity contribution in [3.8, 4) is 11.8 Å². The molecular weight excluding hydrogens is 224 g/mol. The van der Waals surface area contributed by atoms with Gasteiger partial charge in [-0.3, -0.25) is 4.90 Å². The first-order valence-corrected chi connectivity index (χ1v) is 6.48. The molecule has 0 spiro atoms. The van der Waals surface area contributed by atoms with E-state index in [-0.39, 0.29) is 12.0 Å². The molecule has 2 rings (SSSR count). The van der Waals surface area contributed by atoms with E-state index in [2.05, 4.69) is 37.1 Å². The lowest BCUT2D eigenvalue weighted by atomic mass is 9.84. The summed E-state index contributed by atoms with van der Waals surface area (Å²) in [6.45, 7) is 3.10. The van der Waals surface area contributed by atoms with Gasteiger partial charge in [-0.25, -0.2) is 0 Å². The normalized spacial score (nSPS) is 20.9. The number of benzene rings is 1. The maximum atomic E-state index is 9.34. The van der Waals surface area contributed by atoms with Crippen LogP contribution in [-0.2, 0) is 6.42 Å². The summed E-state index contributed by atoms with van der Waals surface area (Å²) in [5.41, 5.74) is 2.61. The minimum atomic E-state index is 0.0427. The summed E-state index contributed by atoms with van der Waals surface area (Å²) in [4.78, 5) is 2.29. The smallest absolute Gasteiger partial charge is 0.119 e. The molecule has 0 saturated heterocycles. The molecule has 1 aliphatic rings. The van der Waals surface area contributed by atoms with Gasteiger partial charge in [0.05, 0.1) is 25.1 Å². The number of likely N-dealkylation sites (N-methyl/N-ethyl adjacent to an activating group) is 1. The van der Waals surface area contributed by atoms with E-state index in [1.165, 1.54) is 11.1 Å². The Morgan fingerprint density at radius 2 is 2.33 bits per heavy atom. The first-order chi connectivity index (χ1) is 8.71. The van der Waals surface area contributed by atoms with Crippen LogP contribution >= 0.6 is 0 Å². The van der Waals surface area contributed by atoms with Crippen LogP contribution in [0.2, 0.25) is 0 Å². The van der Waals surface area contributed by atoms with E-state index in [4.69, 9.17) is 4.74 Å². The molecule has 0 aromatic heterocycles. The number of hydrogen-bond donors (Lipinski definition) is 0. The van der Waals surface area contributed by atoms with E-state index in [1.807, 2.05) is 6.07 Å². The van der Waals surface area contributed by atoms with Gasteiger partial charge in [0, 0.05) is 6.54 Å². The van der Waals surface area contributed by atoms with Gasteiger partial charge in [0.15, 0.2) is 0 Å². The van der Waals surface area contributed by atoms with Gasteiger partial charge in [-0.05, 0) is 43.1 Å². The van der Waals surface area contributed by atoms with Crippen molar-refractivity contribution >= 4 is 0 Å². The van der Waals surface area contributed by atoms with Gasteiger partial charge in [-0.2, -0.15) is 5.26 Å². The Labute approximate surface area is 109 Å². The zero-order valence-electron chi connectivity index (χ0n) is 11.3.